The van der Waals surface area contributed by atoms with Gasteiger partial charge in [-0.1, -0.05) is 40.7 Å². The van der Waals surface area contributed by atoms with Gasteiger partial charge >= 0.3 is 5.97 Å². The molecule has 1 saturated carbocycles. The van der Waals surface area contributed by atoms with Gasteiger partial charge in [0.05, 0.1) is 24.4 Å². The predicted octanol–water partition coefficient (Wildman–Crippen LogP) is 3.41. The average Bonchev–Trinajstić information content (AvgIpc) is 2.96. The molecule has 0 aromatic carbocycles. The number of amides is 1. The molecule has 9 unspecified atom stereocenters. The smallest absolute Gasteiger partial charge is 0.329 e. The lowest BCUT2D eigenvalue weighted by Crippen LogP contribution is -2.63. The van der Waals surface area contributed by atoms with Crippen molar-refractivity contribution >= 4 is 17.7 Å². The van der Waals surface area contributed by atoms with Crippen molar-refractivity contribution in [2.45, 2.75) is 129 Å². The molecule has 240 valence electrons. The van der Waals surface area contributed by atoms with Gasteiger partial charge in [-0.05, 0) is 75.2 Å². The van der Waals surface area contributed by atoms with Gasteiger partial charge in [-0.15, -0.1) is 0 Å². The van der Waals surface area contributed by atoms with Crippen LogP contribution in [0.4, 0.5) is 0 Å². The molecule has 9 atom stereocenters. The molecule has 3 fully saturated rings. The minimum Gasteiger partial charge on any atom is -0.456 e. The summed E-state index contributed by atoms with van der Waals surface area (Å²) in [4.78, 5) is 42.1. The van der Waals surface area contributed by atoms with E-state index in [1.165, 1.54) is 4.90 Å². The van der Waals surface area contributed by atoms with Gasteiger partial charge < -0.3 is 34.1 Å². The second-order valence-corrected chi connectivity index (χ2v) is 13.2. The summed E-state index contributed by atoms with van der Waals surface area (Å²) in [5.74, 6) is -5.41. The Labute approximate surface area is 251 Å². The van der Waals surface area contributed by atoms with Crippen LogP contribution >= 0.6 is 0 Å². The third kappa shape index (κ3) is 7.62. The first-order chi connectivity index (χ1) is 19.7. The second-order valence-electron chi connectivity index (χ2n) is 13.2. The highest BCUT2D eigenvalue weighted by molar-refractivity contribution is 6.39. The van der Waals surface area contributed by atoms with Crippen LogP contribution in [0.15, 0.2) is 11.6 Å². The molecule has 1 aliphatic carbocycles. The zero-order valence-electron chi connectivity index (χ0n) is 26.7. The van der Waals surface area contributed by atoms with Crippen LogP contribution in [-0.4, -0.2) is 95.9 Å². The van der Waals surface area contributed by atoms with Crippen molar-refractivity contribution in [1.29, 1.82) is 0 Å². The van der Waals surface area contributed by atoms with Crippen LogP contribution < -0.4 is 0 Å². The minimum atomic E-state index is -2.31. The number of ether oxygens (including phenoxy) is 4. The van der Waals surface area contributed by atoms with Crippen LogP contribution in [-0.2, 0) is 33.3 Å². The van der Waals surface area contributed by atoms with E-state index in [2.05, 4.69) is 6.08 Å². The van der Waals surface area contributed by atoms with E-state index in [-0.39, 0.29) is 36.5 Å². The van der Waals surface area contributed by atoms with Crippen molar-refractivity contribution in [1.82, 2.24) is 4.90 Å². The van der Waals surface area contributed by atoms with E-state index in [1.54, 1.807) is 21.1 Å². The first-order valence-corrected chi connectivity index (χ1v) is 15.6. The number of aliphatic hydroxyl groups is 2. The Balaban J connectivity index is 1.76. The zero-order chi connectivity index (χ0) is 31.4. The van der Waals surface area contributed by atoms with E-state index in [1.807, 2.05) is 34.6 Å². The molecule has 2 saturated heterocycles. The Hall–Kier alpha value is -1.85. The normalized spacial score (nSPS) is 35.3. The average molecular weight is 596 g/mol. The fraction of sp³-hybridized carbons (Fsp3) is 0.844. The number of ketones is 1. The Morgan fingerprint density at radius 2 is 1.67 bits per heavy atom. The van der Waals surface area contributed by atoms with Gasteiger partial charge in [-0.25, -0.2) is 4.79 Å². The molecule has 0 aromatic rings. The van der Waals surface area contributed by atoms with Gasteiger partial charge in [0.1, 0.15) is 12.1 Å². The summed E-state index contributed by atoms with van der Waals surface area (Å²) < 4.78 is 23.0. The molecule has 0 radical (unpaired) electrons. The third-order valence-electron chi connectivity index (χ3n) is 9.35. The Morgan fingerprint density at radius 1 is 1.00 bits per heavy atom. The predicted molar refractivity (Wildman–Crippen MR) is 156 cm³/mol. The molecule has 0 aromatic heterocycles. The number of methoxy groups -OCH3 is 2. The van der Waals surface area contributed by atoms with Gasteiger partial charge in [0, 0.05) is 26.7 Å². The van der Waals surface area contributed by atoms with Crippen LogP contribution in [0.25, 0.3) is 0 Å². The van der Waals surface area contributed by atoms with Gasteiger partial charge in [0.2, 0.25) is 5.79 Å². The van der Waals surface area contributed by atoms with Gasteiger partial charge in [0.25, 0.3) is 11.7 Å². The van der Waals surface area contributed by atoms with E-state index in [0.717, 1.165) is 12.0 Å². The lowest BCUT2D eigenvalue weighted by Gasteiger charge is -2.46. The standard InChI is InChI=1S/C32H53NO9/c1-18(2)27(20(5)15-22-12-13-24(34)25(17-22)39-7)41-31(37)23-11-9-10-14-33(23)30(36)29(35)32(38)21(6)16-26(40-8)28(42-32)19(3)4/h15,18-19,21-28,34,38H,9-14,16-17H2,1-8H3/b20-15+. The fourth-order valence-electron chi connectivity index (χ4n) is 6.79. The van der Waals surface area contributed by atoms with Crippen molar-refractivity contribution < 1.29 is 43.5 Å². The molecule has 2 heterocycles. The highest BCUT2D eigenvalue weighted by Gasteiger charge is 2.55. The number of piperidine rings is 1. The summed E-state index contributed by atoms with van der Waals surface area (Å²) in [6, 6.07) is -0.929. The number of carbonyl (C=O) groups is 3. The molecule has 2 N–H and O–H groups in total. The molecular formula is C32H53NO9. The quantitative estimate of drug-likeness (QED) is 0.222. The minimum absolute atomic E-state index is 0.0223. The van der Waals surface area contributed by atoms with Crippen LogP contribution in [0.1, 0.15) is 86.5 Å². The van der Waals surface area contributed by atoms with E-state index in [4.69, 9.17) is 18.9 Å². The first kappa shape index (κ1) is 34.6. The van der Waals surface area contributed by atoms with Gasteiger partial charge in [0.15, 0.2) is 0 Å². The Morgan fingerprint density at radius 3 is 2.26 bits per heavy atom. The number of hydrogen-bond donors (Lipinski definition) is 2. The van der Waals surface area contributed by atoms with E-state index in [0.29, 0.717) is 38.5 Å². The molecule has 3 aliphatic rings. The molecule has 0 spiro atoms. The van der Waals surface area contributed by atoms with Crippen molar-refractivity contribution in [2.75, 3.05) is 20.8 Å². The monoisotopic (exact) mass is 595 g/mol. The van der Waals surface area contributed by atoms with Crippen molar-refractivity contribution in [2.24, 2.45) is 23.7 Å². The summed E-state index contributed by atoms with van der Waals surface area (Å²) in [5, 5.41) is 21.6. The summed E-state index contributed by atoms with van der Waals surface area (Å²) in [7, 11) is 3.17. The molecule has 10 nitrogen and oxygen atoms in total. The summed E-state index contributed by atoms with van der Waals surface area (Å²) in [6.45, 7) is 11.6. The highest BCUT2D eigenvalue weighted by Crippen LogP contribution is 2.38. The van der Waals surface area contributed by atoms with E-state index < -0.39 is 53.7 Å². The SMILES string of the molecule is COC1CC(/C=C(\C)C(OC(=O)C2CCCCN2C(=O)C(=O)C2(O)OC(C(C)C)C(OC)CC2C)C(C)C)CCC1O. The number of carbonyl (C=O) groups excluding carboxylic acids is 3. The summed E-state index contributed by atoms with van der Waals surface area (Å²) in [6.07, 6.45) is 4.23. The molecule has 2 aliphatic heterocycles. The molecule has 1 amide bonds. The Kier molecular flexibility index (Phi) is 12.2. The first-order valence-electron chi connectivity index (χ1n) is 15.6. The van der Waals surface area contributed by atoms with Crippen LogP contribution in [0, 0.1) is 23.7 Å². The number of nitrogens with zero attached hydrogens (tertiary/aromatic N) is 1. The number of rotatable bonds is 10. The van der Waals surface area contributed by atoms with Crippen LogP contribution in [0.3, 0.4) is 0 Å². The number of allylic oxidation sites excluding steroid dienone is 1. The number of aliphatic hydroxyl groups excluding tert-OH is 1. The highest BCUT2D eigenvalue weighted by atomic mass is 16.7. The van der Waals surface area contributed by atoms with Crippen molar-refractivity contribution in [3.8, 4) is 0 Å². The maximum absolute atomic E-state index is 13.6. The number of esters is 1. The number of likely N-dealkylation sites (tertiary alicyclic amines) is 1. The Bertz CT molecular complexity index is 981. The fourth-order valence-corrected chi connectivity index (χ4v) is 6.79. The largest absolute Gasteiger partial charge is 0.456 e. The van der Waals surface area contributed by atoms with Crippen molar-refractivity contribution in [3.63, 3.8) is 0 Å². The lowest BCUT2D eigenvalue weighted by molar-refractivity contribution is -0.293. The van der Waals surface area contributed by atoms with Crippen LogP contribution in [0.2, 0.25) is 0 Å². The van der Waals surface area contributed by atoms with Crippen LogP contribution in [0.5, 0.6) is 0 Å². The topological polar surface area (TPSA) is 132 Å². The molecular weight excluding hydrogens is 542 g/mol. The second kappa shape index (κ2) is 14.8. The maximum atomic E-state index is 13.6. The molecule has 42 heavy (non-hydrogen) atoms. The van der Waals surface area contributed by atoms with Gasteiger partial charge in [-0.3, -0.25) is 9.59 Å². The number of hydrogen-bond acceptors (Lipinski definition) is 9. The zero-order valence-corrected chi connectivity index (χ0v) is 26.7. The van der Waals surface area contributed by atoms with Gasteiger partial charge in [-0.2, -0.15) is 0 Å². The number of Topliss-reactive ketones (excluding diaryl/α,β-unsaturated/α-hetero) is 1. The maximum Gasteiger partial charge on any atom is 0.329 e. The molecule has 10 heteroatoms. The summed E-state index contributed by atoms with van der Waals surface area (Å²) >= 11 is 0. The molecule has 0 bridgehead atoms. The van der Waals surface area contributed by atoms with E-state index in [9.17, 15) is 24.6 Å². The summed E-state index contributed by atoms with van der Waals surface area (Å²) in [5.41, 5.74) is 0.908. The third-order valence-corrected chi connectivity index (χ3v) is 9.35. The lowest BCUT2D eigenvalue weighted by atomic mass is 9.82. The molecule has 3 rings (SSSR count). The van der Waals surface area contributed by atoms with Crippen molar-refractivity contribution in [3.05, 3.63) is 11.6 Å². The van der Waals surface area contributed by atoms with E-state index >= 15 is 0 Å².